The number of fused-ring (bicyclic) bond motifs is 1. The van der Waals surface area contributed by atoms with Crippen molar-refractivity contribution in [2.45, 2.75) is 20.0 Å². The first-order chi connectivity index (χ1) is 10.9. The van der Waals surface area contributed by atoms with Crippen molar-refractivity contribution < 1.29 is 14.3 Å². The summed E-state index contributed by atoms with van der Waals surface area (Å²) in [6, 6.07) is 7.98. The number of pyridine rings is 1. The average molecular weight is 313 g/mol. The van der Waals surface area contributed by atoms with Gasteiger partial charge in [-0.2, -0.15) is 0 Å². The van der Waals surface area contributed by atoms with Crippen LogP contribution >= 0.6 is 0 Å². The van der Waals surface area contributed by atoms with Crippen molar-refractivity contribution in [1.82, 2.24) is 9.88 Å². The monoisotopic (exact) mass is 313 g/mol. The van der Waals surface area contributed by atoms with Gasteiger partial charge in [-0.3, -0.25) is 24.3 Å². The Kier molecular flexibility index (Phi) is 3.40. The van der Waals surface area contributed by atoms with Crippen LogP contribution in [-0.2, 0) is 0 Å². The molecule has 0 aliphatic carbocycles. The molecule has 118 valence electrons. The van der Waals surface area contributed by atoms with E-state index in [2.05, 4.69) is 5.32 Å². The van der Waals surface area contributed by atoms with Crippen LogP contribution in [-0.4, -0.2) is 22.5 Å². The van der Waals surface area contributed by atoms with Gasteiger partial charge in [-0.1, -0.05) is 12.1 Å². The van der Waals surface area contributed by atoms with Gasteiger partial charge >= 0.3 is 0 Å². The summed E-state index contributed by atoms with van der Waals surface area (Å²) in [5.41, 5.74) is 5.93. The molecule has 7 heteroatoms. The standard InChI is InChI=1S/C16H15N3O4/c1-8(2)23-11-6-4-3-5-10(11)19-12(20)7-9-13(14(19)17)16(22)18-15(9)21/h3-8H,17H2,1-2H3,(H,18,21,22). The second kappa shape index (κ2) is 5.28. The molecular weight excluding hydrogens is 298 g/mol. The minimum absolute atomic E-state index is 0.00370. The number of rotatable bonds is 3. The Morgan fingerprint density at radius 1 is 1.13 bits per heavy atom. The van der Waals surface area contributed by atoms with E-state index in [9.17, 15) is 14.4 Å². The highest BCUT2D eigenvalue weighted by Crippen LogP contribution is 2.28. The Hall–Kier alpha value is -3.09. The van der Waals surface area contributed by atoms with Crippen molar-refractivity contribution in [2.75, 3.05) is 5.73 Å². The van der Waals surface area contributed by atoms with Crippen molar-refractivity contribution in [3.63, 3.8) is 0 Å². The van der Waals surface area contributed by atoms with Gasteiger partial charge in [0, 0.05) is 6.07 Å². The molecule has 0 fully saturated rings. The Morgan fingerprint density at radius 3 is 2.52 bits per heavy atom. The number of hydrogen-bond donors (Lipinski definition) is 2. The zero-order valence-corrected chi connectivity index (χ0v) is 12.6. The molecule has 7 nitrogen and oxygen atoms in total. The van der Waals surface area contributed by atoms with E-state index in [0.29, 0.717) is 11.4 Å². The average Bonchev–Trinajstić information content (AvgIpc) is 2.75. The summed E-state index contributed by atoms with van der Waals surface area (Å²) < 4.78 is 6.87. The van der Waals surface area contributed by atoms with Gasteiger partial charge in [0.1, 0.15) is 11.6 Å². The molecule has 0 saturated heterocycles. The zero-order chi connectivity index (χ0) is 16.7. The second-order valence-corrected chi connectivity index (χ2v) is 5.41. The van der Waals surface area contributed by atoms with Crippen LogP contribution < -0.4 is 21.3 Å². The highest BCUT2D eigenvalue weighted by molar-refractivity contribution is 6.23. The van der Waals surface area contributed by atoms with E-state index in [1.165, 1.54) is 4.57 Å². The van der Waals surface area contributed by atoms with Gasteiger partial charge in [-0.05, 0) is 26.0 Å². The van der Waals surface area contributed by atoms with E-state index in [1.54, 1.807) is 24.3 Å². The van der Waals surface area contributed by atoms with Gasteiger partial charge in [0.05, 0.1) is 22.9 Å². The lowest BCUT2D eigenvalue weighted by Gasteiger charge is -2.17. The van der Waals surface area contributed by atoms with Crippen LogP contribution in [0.3, 0.4) is 0 Å². The summed E-state index contributed by atoms with van der Waals surface area (Å²) in [4.78, 5) is 36.0. The SMILES string of the molecule is CC(C)Oc1ccccc1-n1c(N)c2c(cc1=O)C(=O)NC2=O. The topological polar surface area (TPSA) is 103 Å². The summed E-state index contributed by atoms with van der Waals surface area (Å²) >= 11 is 0. The highest BCUT2D eigenvalue weighted by Gasteiger charge is 2.32. The lowest BCUT2D eigenvalue weighted by molar-refractivity contribution is 0.0880. The van der Waals surface area contributed by atoms with Crippen LogP contribution in [0.4, 0.5) is 5.82 Å². The van der Waals surface area contributed by atoms with Gasteiger partial charge in [-0.15, -0.1) is 0 Å². The number of nitrogens with two attached hydrogens (primary N) is 1. The molecule has 0 bridgehead atoms. The van der Waals surface area contributed by atoms with Crippen LogP contribution in [0.5, 0.6) is 5.75 Å². The largest absolute Gasteiger partial charge is 0.489 e. The van der Waals surface area contributed by atoms with E-state index in [0.717, 1.165) is 6.07 Å². The Morgan fingerprint density at radius 2 is 1.83 bits per heavy atom. The van der Waals surface area contributed by atoms with Crippen molar-refractivity contribution >= 4 is 17.6 Å². The molecule has 2 amide bonds. The number of ether oxygens (including phenoxy) is 1. The molecule has 0 atom stereocenters. The van der Waals surface area contributed by atoms with Gasteiger partial charge in [-0.25, -0.2) is 0 Å². The lowest BCUT2D eigenvalue weighted by atomic mass is 10.1. The summed E-state index contributed by atoms with van der Waals surface area (Å²) in [6.45, 7) is 3.72. The number of nitrogens with one attached hydrogen (secondary N) is 1. The molecule has 23 heavy (non-hydrogen) atoms. The normalized spacial score (nSPS) is 13.2. The third-order valence-corrected chi connectivity index (χ3v) is 3.42. The molecule has 0 spiro atoms. The fourth-order valence-electron chi connectivity index (χ4n) is 2.52. The summed E-state index contributed by atoms with van der Waals surface area (Å²) in [6.07, 6.45) is -0.104. The number of hydrogen-bond acceptors (Lipinski definition) is 5. The van der Waals surface area contributed by atoms with Gasteiger partial charge in [0.25, 0.3) is 17.4 Å². The smallest absolute Gasteiger partial charge is 0.262 e. The van der Waals surface area contributed by atoms with Gasteiger partial charge < -0.3 is 10.5 Å². The molecule has 3 rings (SSSR count). The Labute approximate surface area is 131 Å². The Balaban J connectivity index is 2.28. The molecule has 1 aliphatic heterocycles. The summed E-state index contributed by atoms with van der Waals surface area (Å²) in [7, 11) is 0. The number of carbonyl (C=O) groups excluding carboxylic acids is 2. The van der Waals surface area contributed by atoms with Crippen LogP contribution in [0.2, 0.25) is 0 Å². The van der Waals surface area contributed by atoms with Crippen LogP contribution in [0.25, 0.3) is 5.69 Å². The highest BCUT2D eigenvalue weighted by atomic mass is 16.5. The first-order valence-electron chi connectivity index (χ1n) is 7.07. The minimum atomic E-state index is -0.618. The maximum Gasteiger partial charge on any atom is 0.262 e. The first-order valence-corrected chi connectivity index (χ1v) is 7.07. The van der Waals surface area contributed by atoms with Crippen LogP contribution in [0, 0.1) is 0 Å². The lowest BCUT2D eigenvalue weighted by Crippen LogP contribution is -2.25. The maximum atomic E-state index is 12.4. The molecular formula is C16H15N3O4. The van der Waals surface area contributed by atoms with Crippen molar-refractivity contribution in [3.05, 3.63) is 51.8 Å². The fourth-order valence-corrected chi connectivity index (χ4v) is 2.52. The Bertz CT molecular complexity index is 883. The molecule has 0 unspecified atom stereocenters. The van der Waals surface area contributed by atoms with E-state index in [1.807, 2.05) is 13.8 Å². The summed E-state index contributed by atoms with van der Waals surface area (Å²) in [5.74, 6) is -0.859. The van der Waals surface area contributed by atoms with E-state index in [4.69, 9.17) is 10.5 Å². The molecule has 1 aromatic heterocycles. The minimum Gasteiger partial charge on any atom is -0.489 e. The van der Waals surface area contributed by atoms with Gasteiger partial charge in [0.2, 0.25) is 0 Å². The number of benzene rings is 1. The molecule has 3 N–H and O–H groups in total. The zero-order valence-electron chi connectivity index (χ0n) is 12.6. The third-order valence-electron chi connectivity index (χ3n) is 3.42. The number of carbonyl (C=O) groups is 2. The molecule has 0 saturated carbocycles. The maximum absolute atomic E-state index is 12.4. The van der Waals surface area contributed by atoms with Crippen molar-refractivity contribution in [3.8, 4) is 11.4 Å². The number of amides is 2. The molecule has 1 aromatic carbocycles. The van der Waals surface area contributed by atoms with E-state index in [-0.39, 0.29) is 23.0 Å². The fraction of sp³-hybridized carbons (Fsp3) is 0.188. The molecule has 0 radical (unpaired) electrons. The second-order valence-electron chi connectivity index (χ2n) is 5.41. The number of nitrogens with zero attached hydrogens (tertiary/aromatic N) is 1. The van der Waals surface area contributed by atoms with E-state index < -0.39 is 17.4 Å². The number of nitrogen functional groups attached to an aromatic ring is 1. The number of anilines is 1. The molecule has 2 heterocycles. The van der Waals surface area contributed by atoms with Gasteiger partial charge in [0.15, 0.2) is 0 Å². The predicted molar refractivity (Wildman–Crippen MR) is 84.0 cm³/mol. The van der Waals surface area contributed by atoms with Crippen molar-refractivity contribution in [1.29, 1.82) is 0 Å². The third kappa shape index (κ3) is 2.36. The molecule has 2 aromatic rings. The number of imide groups is 1. The quantitative estimate of drug-likeness (QED) is 0.826. The van der Waals surface area contributed by atoms with Crippen LogP contribution in [0.15, 0.2) is 35.1 Å². The first kappa shape index (κ1) is 14.8. The van der Waals surface area contributed by atoms with Crippen molar-refractivity contribution in [2.24, 2.45) is 0 Å². The number of aromatic nitrogens is 1. The summed E-state index contributed by atoms with van der Waals surface area (Å²) in [5, 5.41) is 2.13. The van der Waals surface area contributed by atoms with E-state index >= 15 is 0 Å². The number of para-hydroxylation sites is 2. The molecule has 1 aliphatic rings. The van der Waals surface area contributed by atoms with Crippen LogP contribution in [0.1, 0.15) is 34.6 Å². The predicted octanol–water partition coefficient (Wildman–Crippen LogP) is 1.09.